The molecule has 0 bridgehead atoms. The van der Waals surface area contributed by atoms with Gasteiger partial charge in [0.1, 0.15) is 5.82 Å². The van der Waals surface area contributed by atoms with E-state index in [1.54, 1.807) is 24.4 Å². The normalized spacial score (nSPS) is 11.5. The van der Waals surface area contributed by atoms with Gasteiger partial charge in [0.15, 0.2) is 11.7 Å². The third-order valence-corrected chi connectivity index (χ3v) is 2.56. The molecule has 0 spiro atoms. The van der Waals surface area contributed by atoms with E-state index in [1.807, 2.05) is 6.92 Å². The van der Waals surface area contributed by atoms with Crippen LogP contribution in [0.1, 0.15) is 11.3 Å². The maximum Gasteiger partial charge on any atom is 0.159 e. The topological polar surface area (TPSA) is 93.4 Å². The lowest BCUT2D eigenvalue weighted by Crippen LogP contribution is -2.26. The zero-order chi connectivity index (χ0) is 14.7. The second-order valence-electron chi connectivity index (χ2n) is 4.28. The zero-order valence-electron chi connectivity index (χ0n) is 11.2. The van der Waals surface area contributed by atoms with Gasteiger partial charge in [0.25, 0.3) is 0 Å². The van der Waals surface area contributed by atoms with E-state index in [-0.39, 0.29) is 11.4 Å². The van der Waals surface area contributed by atoms with E-state index < -0.39 is 5.82 Å². The number of aryl methyl sites for hydroxylation is 1. The standard InChI is InChI=1S/C13H15FN6/c1-8-5-6-17-13(18-8)9-3-4-11(14)10(7-9)12(15)19-20(2)16/h3-7H,16H2,1-2H3,(H2,15,19). The first-order valence-electron chi connectivity index (χ1n) is 5.90. The first-order chi connectivity index (χ1) is 9.47. The predicted molar refractivity (Wildman–Crippen MR) is 74.8 cm³/mol. The van der Waals surface area contributed by atoms with E-state index in [0.29, 0.717) is 11.4 Å². The number of nitrogens with two attached hydrogens (primary N) is 2. The Morgan fingerprint density at radius 3 is 2.75 bits per heavy atom. The molecule has 2 rings (SSSR count). The van der Waals surface area contributed by atoms with Crippen LogP contribution in [0, 0.1) is 12.7 Å². The fourth-order valence-electron chi connectivity index (χ4n) is 1.67. The number of aromatic nitrogens is 2. The number of hydrazine groups is 1. The highest BCUT2D eigenvalue weighted by molar-refractivity contribution is 5.98. The predicted octanol–water partition coefficient (Wildman–Crippen LogP) is 1.02. The molecule has 7 heteroatoms. The minimum atomic E-state index is -0.482. The monoisotopic (exact) mass is 274 g/mol. The summed E-state index contributed by atoms with van der Waals surface area (Å²) in [6.07, 6.45) is 1.64. The Balaban J connectivity index is 2.49. The molecule has 0 amide bonds. The van der Waals surface area contributed by atoms with Crippen LogP contribution in [0.3, 0.4) is 0 Å². The molecule has 1 aromatic carbocycles. The number of hydrogen-bond donors (Lipinski definition) is 2. The molecule has 0 aliphatic heterocycles. The van der Waals surface area contributed by atoms with E-state index in [9.17, 15) is 4.39 Å². The SMILES string of the molecule is Cc1ccnc(-c2ccc(F)c(/C(N)=N/N(C)N)c2)n1. The van der Waals surface area contributed by atoms with Gasteiger partial charge in [0.2, 0.25) is 0 Å². The maximum absolute atomic E-state index is 13.8. The summed E-state index contributed by atoms with van der Waals surface area (Å²) in [5.41, 5.74) is 7.36. The molecule has 0 radical (unpaired) electrons. The summed E-state index contributed by atoms with van der Waals surface area (Å²) in [5, 5.41) is 4.80. The van der Waals surface area contributed by atoms with E-state index in [1.165, 1.54) is 13.1 Å². The lowest BCUT2D eigenvalue weighted by Gasteiger charge is -2.09. The van der Waals surface area contributed by atoms with Crippen LogP contribution in [0.25, 0.3) is 11.4 Å². The quantitative estimate of drug-likeness (QED) is 0.377. The van der Waals surface area contributed by atoms with Crippen molar-refractivity contribution in [1.82, 2.24) is 15.1 Å². The Morgan fingerprint density at radius 2 is 2.10 bits per heavy atom. The van der Waals surface area contributed by atoms with Crippen LogP contribution in [-0.4, -0.2) is 28.0 Å². The molecule has 0 saturated heterocycles. The van der Waals surface area contributed by atoms with Crippen LogP contribution >= 0.6 is 0 Å². The molecular weight excluding hydrogens is 259 g/mol. The Morgan fingerprint density at radius 1 is 1.35 bits per heavy atom. The van der Waals surface area contributed by atoms with E-state index >= 15 is 0 Å². The van der Waals surface area contributed by atoms with Gasteiger partial charge in [-0.3, -0.25) is 0 Å². The first kappa shape index (κ1) is 13.9. The molecule has 2 aromatic rings. The van der Waals surface area contributed by atoms with Gasteiger partial charge in [0.05, 0.1) is 5.56 Å². The first-order valence-corrected chi connectivity index (χ1v) is 5.90. The molecule has 1 aromatic heterocycles. The van der Waals surface area contributed by atoms with Crippen LogP contribution in [-0.2, 0) is 0 Å². The fraction of sp³-hybridized carbons (Fsp3) is 0.154. The van der Waals surface area contributed by atoms with Crippen molar-refractivity contribution in [3.05, 3.63) is 47.5 Å². The molecule has 0 atom stereocenters. The van der Waals surface area contributed by atoms with Crippen molar-refractivity contribution in [1.29, 1.82) is 0 Å². The molecule has 104 valence electrons. The Labute approximate surface area is 115 Å². The molecule has 0 unspecified atom stereocenters. The van der Waals surface area contributed by atoms with E-state index in [2.05, 4.69) is 15.1 Å². The largest absolute Gasteiger partial charge is 0.382 e. The second kappa shape index (κ2) is 5.62. The van der Waals surface area contributed by atoms with Crippen molar-refractivity contribution in [3.63, 3.8) is 0 Å². The van der Waals surface area contributed by atoms with Crippen molar-refractivity contribution in [2.24, 2.45) is 16.7 Å². The lowest BCUT2D eigenvalue weighted by atomic mass is 10.1. The van der Waals surface area contributed by atoms with Crippen LogP contribution < -0.4 is 11.6 Å². The van der Waals surface area contributed by atoms with Crippen LogP contribution in [0.15, 0.2) is 35.6 Å². The van der Waals surface area contributed by atoms with Crippen LogP contribution in [0.4, 0.5) is 4.39 Å². The van der Waals surface area contributed by atoms with Gasteiger partial charge in [-0.05, 0) is 31.2 Å². The average Bonchev–Trinajstić information content (AvgIpc) is 2.38. The smallest absolute Gasteiger partial charge is 0.159 e. The summed E-state index contributed by atoms with van der Waals surface area (Å²) >= 11 is 0. The van der Waals surface area contributed by atoms with E-state index in [0.717, 1.165) is 10.8 Å². The second-order valence-corrected chi connectivity index (χ2v) is 4.28. The van der Waals surface area contributed by atoms with E-state index in [4.69, 9.17) is 11.6 Å². The van der Waals surface area contributed by atoms with Gasteiger partial charge in [-0.25, -0.2) is 25.3 Å². The van der Waals surface area contributed by atoms with Gasteiger partial charge in [-0.1, -0.05) is 0 Å². The highest BCUT2D eigenvalue weighted by atomic mass is 19.1. The van der Waals surface area contributed by atoms with Crippen molar-refractivity contribution >= 4 is 5.84 Å². The highest BCUT2D eigenvalue weighted by Crippen LogP contribution is 2.19. The molecule has 1 heterocycles. The fourth-order valence-corrected chi connectivity index (χ4v) is 1.67. The number of amidine groups is 1. The Bertz CT molecular complexity index is 653. The van der Waals surface area contributed by atoms with Gasteiger partial charge in [-0.2, -0.15) is 0 Å². The summed E-state index contributed by atoms with van der Waals surface area (Å²) in [7, 11) is 1.50. The number of nitrogens with zero attached hydrogens (tertiary/aromatic N) is 4. The number of rotatable bonds is 3. The van der Waals surface area contributed by atoms with Gasteiger partial charge < -0.3 is 5.73 Å². The molecule has 0 aliphatic rings. The number of halogens is 1. The summed E-state index contributed by atoms with van der Waals surface area (Å²) in [6, 6.07) is 6.22. The maximum atomic E-state index is 13.8. The van der Waals surface area contributed by atoms with Gasteiger partial charge in [0, 0.05) is 24.5 Å². The molecule has 6 nitrogen and oxygen atoms in total. The average molecular weight is 274 g/mol. The minimum Gasteiger partial charge on any atom is -0.382 e. The molecule has 0 aliphatic carbocycles. The summed E-state index contributed by atoms with van der Waals surface area (Å²) in [6.45, 7) is 1.86. The summed E-state index contributed by atoms with van der Waals surface area (Å²) in [4.78, 5) is 8.44. The molecule has 0 saturated carbocycles. The molecule has 20 heavy (non-hydrogen) atoms. The summed E-state index contributed by atoms with van der Waals surface area (Å²) < 4.78 is 13.8. The van der Waals surface area contributed by atoms with Crippen molar-refractivity contribution in [3.8, 4) is 11.4 Å². The van der Waals surface area contributed by atoms with Crippen molar-refractivity contribution in [2.45, 2.75) is 6.92 Å². The van der Waals surface area contributed by atoms with Gasteiger partial charge >= 0.3 is 0 Å². The number of hydrazone groups is 1. The number of hydrogen-bond acceptors (Lipinski definition) is 5. The minimum absolute atomic E-state index is 0.0120. The van der Waals surface area contributed by atoms with Gasteiger partial charge in [-0.15, -0.1) is 5.10 Å². The zero-order valence-corrected chi connectivity index (χ0v) is 11.2. The number of benzene rings is 1. The third-order valence-electron chi connectivity index (χ3n) is 2.56. The Kier molecular flexibility index (Phi) is 3.90. The molecule has 0 fully saturated rings. The molecular formula is C13H15FN6. The third kappa shape index (κ3) is 3.07. The summed E-state index contributed by atoms with van der Waals surface area (Å²) in [5.74, 6) is 5.37. The molecule has 4 N–H and O–H groups in total. The van der Waals surface area contributed by atoms with Crippen molar-refractivity contribution < 1.29 is 4.39 Å². The van der Waals surface area contributed by atoms with Crippen LogP contribution in [0.2, 0.25) is 0 Å². The Hall–Kier alpha value is -2.54. The van der Waals surface area contributed by atoms with Crippen LogP contribution in [0.5, 0.6) is 0 Å². The lowest BCUT2D eigenvalue weighted by molar-refractivity contribution is 0.371. The highest BCUT2D eigenvalue weighted by Gasteiger charge is 2.11. The van der Waals surface area contributed by atoms with Crippen molar-refractivity contribution in [2.75, 3.05) is 7.05 Å².